The standard InChI is InChI=1S/C16H20N4O4S2/c21-14(17-13-7-9-26(23,24)11-13)10-25-16-19-18-15(22)20(16)8-6-12-4-2-1-3-5-12/h1-5,13H,6-11H2,(H,17,21)(H,18,22). The zero-order valence-corrected chi connectivity index (χ0v) is 15.7. The van der Waals surface area contributed by atoms with Crippen LogP contribution in [0.25, 0.3) is 0 Å². The van der Waals surface area contributed by atoms with Crippen LogP contribution in [0.5, 0.6) is 0 Å². The minimum Gasteiger partial charge on any atom is -0.352 e. The number of aryl methyl sites for hydroxylation is 1. The van der Waals surface area contributed by atoms with Gasteiger partial charge in [-0.15, -0.1) is 5.10 Å². The predicted octanol–water partition coefficient (Wildman–Crippen LogP) is 0.209. The summed E-state index contributed by atoms with van der Waals surface area (Å²) in [7, 11) is -3.03. The third-order valence-corrected chi connectivity index (χ3v) is 6.86. The van der Waals surface area contributed by atoms with E-state index in [0.717, 1.165) is 17.3 Å². The maximum Gasteiger partial charge on any atom is 0.343 e. The van der Waals surface area contributed by atoms with Crippen molar-refractivity contribution in [1.82, 2.24) is 20.1 Å². The summed E-state index contributed by atoms with van der Waals surface area (Å²) in [6.07, 6.45) is 1.13. The Hall–Kier alpha value is -2.07. The van der Waals surface area contributed by atoms with E-state index in [-0.39, 0.29) is 34.9 Å². The Morgan fingerprint density at radius 1 is 1.35 bits per heavy atom. The van der Waals surface area contributed by atoms with Gasteiger partial charge in [-0.25, -0.2) is 18.3 Å². The molecule has 1 aliphatic heterocycles. The number of sulfone groups is 1. The van der Waals surface area contributed by atoms with Gasteiger partial charge in [0, 0.05) is 12.6 Å². The maximum absolute atomic E-state index is 12.0. The highest BCUT2D eigenvalue weighted by Gasteiger charge is 2.28. The monoisotopic (exact) mass is 396 g/mol. The molecule has 1 fully saturated rings. The molecule has 26 heavy (non-hydrogen) atoms. The Labute approximate surface area is 155 Å². The Kier molecular flexibility index (Phi) is 5.82. The van der Waals surface area contributed by atoms with Crippen molar-refractivity contribution >= 4 is 27.5 Å². The molecule has 1 atom stereocenters. The van der Waals surface area contributed by atoms with Crippen LogP contribution in [-0.4, -0.2) is 52.4 Å². The number of carbonyl (C=O) groups excluding carboxylic acids is 1. The molecule has 2 heterocycles. The number of carbonyl (C=O) groups is 1. The van der Waals surface area contributed by atoms with Crippen LogP contribution in [0.15, 0.2) is 40.3 Å². The van der Waals surface area contributed by atoms with E-state index in [0.29, 0.717) is 24.5 Å². The summed E-state index contributed by atoms with van der Waals surface area (Å²) in [5, 5.41) is 9.54. The van der Waals surface area contributed by atoms with Crippen molar-refractivity contribution in [2.45, 2.75) is 30.6 Å². The van der Waals surface area contributed by atoms with E-state index >= 15 is 0 Å². The molecule has 2 N–H and O–H groups in total. The van der Waals surface area contributed by atoms with Gasteiger partial charge in [-0.05, 0) is 18.4 Å². The summed E-state index contributed by atoms with van der Waals surface area (Å²) in [6, 6.07) is 9.46. The fraction of sp³-hybridized carbons (Fsp3) is 0.438. The Morgan fingerprint density at radius 2 is 2.12 bits per heavy atom. The number of amides is 1. The number of nitrogens with zero attached hydrogens (tertiary/aromatic N) is 2. The molecule has 10 heteroatoms. The first-order valence-corrected chi connectivity index (χ1v) is 11.1. The van der Waals surface area contributed by atoms with Crippen molar-refractivity contribution in [3.8, 4) is 0 Å². The van der Waals surface area contributed by atoms with Gasteiger partial charge in [0.2, 0.25) is 5.91 Å². The lowest BCUT2D eigenvalue weighted by Gasteiger charge is -2.10. The summed E-state index contributed by atoms with van der Waals surface area (Å²) in [5.74, 6) is -0.0781. The zero-order valence-electron chi connectivity index (χ0n) is 14.1. The minimum absolute atomic E-state index is 0.00635. The van der Waals surface area contributed by atoms with E-state index in [9.17, 15) is 18.0 Å². The molecule has 0 aliphatic carbocycles. The molecule has 1 saturated heterocycles. The van der Waals surface area contributed by atoms with E-state index in [1.165, 1.54) is 4.57 Å². The molecule has 0 spiro atoms. The molecule has 2 aromatic rings. The quantitative estimate of drug-likeness (QED) is 0.647. The van der Waals surface area contributed by atoms with Crippen molar-refractivity contribution in [3.05, 3.63) is 46.4 Å². The molecule has 1 aromatic heterocycles. The zero-order chi connectivity index (χ0) is 18.6. The summed E-state index contributed by atoms with van der Waals surface area (Å²) < 4.78 is 24.4. The van der Waals surface area contributed by atoms with Gasteiger partial charge < -0.3 is 5.32 Å². The van der Waals surface area contributed by atoms with Crippen molar-refractivity contribution < 1.29 is 13.2 Å². The number of rotatable bonds is 7. The lowest BCUT2D eigenvalue weighted by Crippen LogP contribution is -2.36. The molecule has 140 valence electrons. The summed E-state index contributed by atoms with van der Waals surface area (Å²) in [4.78, 5) is 23.9. The highest BCUT2D eigenvalue weighted by atomic mass is 32.2. The second-order valence-corrected chi connectivity index (χ2v) is 9.33. The Balaban J connectivity index is 1.53. The molecule has 1 unspecified atom stereocenters. The lowest BCUT2D eigenvalue weighted by atomic mass is 10.1. The highest BCUT2D eigenvalue weighted by molar-refractivity contribution is 7.99. The number of hydrogen-bond acceptors (Lipinski definition) is 6. The van der Waals surface area contributed by atoms with E-state index in [2.05, 4.69) is 15.5 Å². The number of H-pyrrole nitrogens is 1. The van der Waals surface area contributed by atoms with Gasteiger partial charge in [-0.3, -0.25) is 9.36 Å². The normalized spacial score (nSPS) is 18.7. The second kappa shape index (κ2) is 8.09. The lowest BCUT2D eigenvalue weighted by molar-refractivity contribution is -0.119. The minimum atomic E-state index is -3.03. The SMILES string of the molecule is O=C(CSc1n[nH]c(=O)n1CCc1ccccc1)NC1CCS(=O)(=O)C1. The topological polar surface area (TPSA) is 114 Å². The number of nitrogens with one attached hydrogen (secondary N) is 2. The molecule has 3 rings (SSSR count). The average molecular weight is 396 g/mol. The predicted molar refractivity (Wildman–Crippen MR) is 98.9 cm³/mol. The van der Waals surface area contributed by atoms with Gasteiger partial charge in [-0.1, -0.05) is 42.1 Å². The average Bonchev–Trinajstić information content (AvgIpc) is 3.13. The van der Waals surface area contributed by atoms with Crippen LogP contribution in [-0.2, 0) is 27.6 Å². The fourth-order valence-corrected chi connectivity index (χ4v) is 5.26. The van der Waals surface area contributed by atoms with Crippen LogP contribution in [0.4, 0.5) is 0 Å². The first-order valence-electron chi connectivity index (χ1n) is 8.25. The molecule has 8 nitrogen and oxygen atoms in total. The molecular formula is C16H20N4O4S2. The summed E-state index contributed by atoms with van der Waals surface area (Å²) in [6.45, 7) is 0.462. The van der Waals surface area contributed by atoms with Gasteiger partial charge in [0.25, 0.3) is 0 Å². The van der Waals surface area contributed by atoms with Gasteiger partial charge in [0.05, 0.1) is 17.3 Å². The largest absolute Gasteiger partial charge is 0.352 e. The number of benzene rings is 1. The fourth-order valence-electron chi connectivity index (χ4n) is 2.80. The van der Waals surface area contributed by atoms with E-state index in [1.807, 2.05) is 30.3 Å². The first kappa shape index (κ1) is 18.7. The number of aromatic nitrogens is 3. The van der Waals surface area contributed by atoms with Gasteiger partial charge >= 0.3 is 5.69 Å². The maximum atomic E-state index is 12.0. The third kappa shape index (κ3) is 4.98. The van der Waals surface area contributed by atoms with Crippen LogP contribution in [0.3, 0.4) is 0 Å². The van der Waals surface area contributed by atoms with Crippen LogP contribution >= 0.6 is 11.8 Å². The smallest absolute Gasteiger partial charge is 0.343 e. The van der Waals surface area contributed by atoms with Crippen LogP contribution in [0, 0.1) is 0 Å². The molecule has 0 bridgehead atoms. The van der Waals surface area contributed by atoms with Crippen molar-refractivity contribution in [1.29, 1.82) is 0 Å². The second-order valence-electron chi connectivity index (χ2n) is 6.15. The number of thioether (sulfide) groups is 1. The number of hydrogen-bond donors (Lipinski definition) is 2. The highest BCUT2D eigenvalue weighted by Crippen LogP contribution is 2.15. The number of aromatic amines is 1. The first-order chi connectivity index (χ1) is 12.4. The van der Waals surface area contributed by atoms with Crippen molar-refractivity contribution in [2.24, 2.45) is 0 Å². The Bertz CT molecular complexity index is 921. The molecule has 0 saturated carbocycles. The molecule has 1 aliphatic rings. The Morgan fingerprint density at radius 3 is 2.81 bits per heavy atom. The molecule has 1 amide bonds. The summed E-state index contributed by atoms with van der Waals surface area (Å²) >= 11 is 1.15. The van der Waals surface area contributed by atoms with Crippen LogP contribution < -0.4 is 11.0 Å². The van der Waals surface area contributed by atoms with Crippen LogP contribution in [0.2, 0.25) is 0 Å². The van der Waals surface area contributed by atoms with Gasteiger partial charge in [0.15, 0.2) is 15.0 Å². The van der Waals surface area contributed by atoms with Gasteiger partial charge in [-0.2, -0.15) is 0 Å². The molecular weight excluding hydrogens is 376 g/mol. The van der Waals surface area contributed by atoms with Crippen molar-refractivity contribution in [3.63, 3.8) is 0 Å². The van der Waals surface area contributed by atoms with E-state index in [1.54, 1.807) is 0 Å². The molecule has 0 radical (unpaired) electrons. The van der Waals surface area contributed by atoms with Gasteiger partial charge in [0.1, 0.15) is 0 Å². The van der Waals surface area contributed by atoms with Crippen molar-refractivity contribution in [2.75, 3.05) is 17.3 Å². The van der Waals surface area contributed by atoms with E-state index in [4.69, 9.17) is 0 Å². The third-order valence-electron chi connectivity index (χ3n) is 4.12. The summed E-state index contributed by atoms with van der Waals surface area (Å²) in [5.41, 5.74) is 0.794. The van der Waals surface area contributed by atoms with Crippen LogP contribution in [0.1, 0.15) is 12.0 Å². The molecule has 1 aromatic carbocycles. The van der Waals surface area contributed by atoms with E-state index < -0.39 is 9.84 Å².